The van der Waals surface area contributed by atoms with Crippen molar-refractivity contribution in [1.29, 1.82) is 0 Å². The highest BCUT2D eigenvalue weighted by atomic mass is 31.2. The minimum absolute atomic E-state index is 0.0484. The molecule has 0 aromatic carbocycles. The standard InChI is InChI=1S/C5H14OP2/c1-7(2)5-8(3,4)6/h5H2,1-4H3. The predicted octanol–water partition coefficient (Wildman–Crippen LogP) is 2.31. The molecule has 3 heteroatoms. The van der Waals surface area contributed by atoms with Crippen LogP contribution in [0.15, 0.2) is 0 Å². The predicted molar refractivity (Wildman–Crippen MR) is 43.1 cm³/mol. The summed E-state index contributed by atoms with van der Waals surface area (Å²) < 4.78 is 11.0. The van der Waals surface area contributed by atoms with Crippen LogP contribution < -0.4 is 0 Å². The molecule has 0 rings (SSSR count). The third kappa shape index (κ3) is 6.66. The molecule has 0 aliphatic heterocycles. The van der Waals surface area contributed by atoms with Crippen LogP contribution in [-0.4, -0.2) is 32.6 Å². The normalized spacial score (nSPS) is 12.6. The molecule has 0 aliphatic carbocycles. The van der Waals surface area contributed by atoms with Crippen LogP contribution in [0.1, 0.15) is 0 Å². The monoisotopic (exact) mass is 152 g/mol. The van der Waals surface area contributed by atoms with E-state index in [-0.39, 0.29) is 7.92 Å². The van der Waals surface area contributed by atoms with Crippen molar-refractivity contribution in [3.8, 4) is 0 Å². The Balaban J connectivity index is 3.56. The number of hydrogen-bond donors (Lipinski definition) is 0. The largest absolute Gasteiger partial charge is 0.324 e. The molecular formula is C5H14OP2. The van der Waals surface area contributed by atoms with Crippen molar-refractivity contribution in [2.45, 2.75) is 0 Å². The molecule has 0 aromatic heterocycles. The Morgan fingerprint density at radius 1 is 1.38 bits per heavy atom. The molecule has 8 heavy (non-hydrogen) atoms. The summed E-state index contributed by atoms with van der Waals surface area (Å²) >= 11 is 0. The Kier molecular flexibility index (Phi) is 3.24. The van der Waals surface area contributed by atoms with Crippen LogP contribution in [0.4, 0.5) is 0 Å². The average molecular weight is 152 g/mol. The molecular weight excluding hydrogens is 138 g/mol. The Labute approximate surface area is 53.0 Å². The molecule has 0 aliphatic rings. The van der Waals surface area contributed by atoms with Crippen LogP contribution >= 0.6 is 15.1 Å². The van der Waals surface area contributed by atoms with Gasteiger partial charge in [0, 0.05) is 5.90 Å². The molecule has 0 spiro atoms. The van der Waals surface area contributed by atoms with Crippen molar-refractivity contribution in [1.82, 2.24) is 0 Å². The first-order valence-corrected chi connectivity index (χ1v) is 7.81. The van der Waals surface area contributed by atoms with Gasteiger partial charge >= 0.3 is 0 Å². The molecule has 0 atom stereocenters. The van der Waals surface area contributed by atoms with Gasteiger partial charge in [0.05, 0.1) is 7.14 Å². The van der Waals surface area contributed by atoms with E-state index in [1.54, 1.807) is 0 Å². The van der Waals surface area contributed by atoms with Gasteiger partial charge in [-0.15, -0.1) is 7.92 Å². The maximum absolute atomic E-state index is 11.0. The molecule has 0 heterocycles. The highest BCUT2D eigenvalue weighted by Gasteiger charge is 2.07. The van der Waals surface area contributed by atoms with Crippen molar-refractivity contribution >= 4 is 15.1 Å². The zero-order chi connectivity index (χ0) is 6.78. The fraction of sp³-hybridized carbons (Fsp3) is 1.00. The zero-order valence-electron chi connectivity index (χ0n) is 6.01. The van der Waals surface area contributed by atoms with Gasteiger partial charge in [0.2, 0.25) is 0 Å². The van der Waals surface area contributed by atoms with E-state index >= 15 is 0 Å². The first-order chi connectivity index (χ1) is 3.42. The van der Waals surface area contributed by atoms with Crippen molar-refractivity contribution in [3.05, 3.63) is 0 Å². The van der Waals surface area contributed by atoms with E-state index in [4.69, 9.17) is 0 Å². The lowest BCUT2D eigenvalue weighted by molar-refractivity contribution is 0.585. The van der Waals surface area contributed by atoms with Gasteiger partial charge in [0.15, 0.2) is 0 Å². The molecule has 0 unspecified atom stereocenters. The van der Waals surface area contributed by atoms with Crippen LogP contribution in [0.2, 0.25) is 0 Å². The average Bonchev–Trinajstić information content (AvgIpc) is 1.21. The number of rotatable bonds is 2. The van der Waals surface area contributed by atoms with Gasteiger partial charge in [-0.1, -0.05) is 0 Å². The Hall–Kier alpha value is 0.660. The fourth-order valence-corrected chi connectivity index (χ4v) is 6.13. The third-order valence-electron chi connectivity index (χ3n) is 0.623. The molecule has 0 saturated heterocycles. The summed E-state index contributed by atoms with van der Waals surface area (Å²) in [5.74, 6) is 0.947. The quantitative estimate of drug-likeness (QED) is 0.555. The van der Waals surface area contributed by atoms with Crippen LogP contribution in [-0.2, 0) is 4.57 Å². The van der Waals surface area contributed by atoms with Crippen molar-refractivity contribution in [3.63, 3.8) is 0 Å². The highest BCUT2D eigenvalue weighted by molar-refractivity contribution is 7.76. The molecule has 0 radical (unpaired) electrons. The zero-order valence-corrected chi connectivity index (χ0v) is 7.80. The van der Waals surface area contributed by atoms with Crippen LogP contribution in [0.5, 0.6) is 0 Å². The van der Waals surface area contributed by atoms with Gasteiger partial charge in [-0.05, 0) is 26.7 Å². The van der Waals surface area contributed by atoms with E-state index in [9.17, 15) is 4.57 Å². The molecule has 0 aromatic rings. The van der Waals surface area contributed by atoms with Crippen molar-refractivity contribution in [2.75, 3.05) is 32.6 Å². The second kappa shape index (κ2) is 2.99. The van der Waals surface area contributed by atoms with Gasteiger partial charge in [0.1, 0.15) is 0 Å². The summed E-state index contributed by atoms with van der Waals surface area (Å²) in [6.07, 6.45) is 0. The minimum atomic E-state index is -1.69. The fourth-order valence-electron chi connectivity index (χ4n) is 0.681. The second-order valence-electron chi connectivity index (χ2n) is 2.80. The lowest BCUT2D eigenvalue weighted by Gasteiger charge is -2.08. The van der Waals surface area contributed by atoms with E-state index in [2.05, 4.69) is 13.3 Å². The molecule has 0 saturated carbocycles. The van der Waals surface area contributed by atoms with Gasteiger partial charge in [-0.25, -0.2) is 0 Å². The van der Waals surface area contributed by atoms with Crippen molar-refractivity contribution in [2.24, 2.45) is 0 Å². The van der Waals surface area contributed by atoms with E-state index in [1.807, 2.05) is 13.3 Å². The van der Waals surface area contributed by atoms with E-state index < -0.39 is 7.14 Å². The molecule has 0 N–H and O–H groups in total. The summed E-state index contributed by atoms with van der Waals surface area (Å²) in [4.78, 5) is 0. The van der Waals surface area contributed by atoms with Crippen LogP contribution in [0.3, 0.4) is 0 Å². The summed E-state index contributed by atoms with van der Waals surface area (Å²) in [6, 6.07) is 0. The molecule has 50 valence electrons. The van der Waals surface area contributed by atoms with Crippen LogP contribution in [0, 0.1) is 0 Å². The summed E-state index contributed by atoms with van der Waals surface area (Å²) in [6.45, 7) is 8.04. The van der Waals surface area contributed by atoms with Gasteiger partial charge in [-0.3, -0.25) is 0 Å². The van der Waals surface area contributed by atoms with Crippen LogP contribution in [0.25, 0.3) is 0 Å². The van der Waals surface area contributed by atoms with E-state index in [0.717, 1.165) is 5.90 Å². The molecule has 0 fully saturated rings. The molecule has 0 amide bonds. The summed E-state index contributed by atoms with van der Waals surface area (Å²) in [5.41, 5.74) is 0. The summed E-state index contributed by atoms with van der Waals surface area (Å²) in [5, 5.41) is 0. The molecule has 0 bridgehead atoms. The smallest absolute Gasteiger partial charge is 0.0859 e. The lowest BCUT2D eigenvalue weighted by atomic mass is 11.8. The van der Waals surface area contributed by atoms with Crippen molar-refractivity contribution < 1.29 is 4.57 Å². The Bertz CT molecular complexity index is 103. The second-order valence-corrected chi connectivity index (χ2v) is 9.23. The maximum atomic E-state index is 11.0. The Morgan fingerprint density at radius 2 is 1.75 bits per heavy atom. The van der Waals surface area contributed by atoms with E-state index in [0.29, 0.717) is 0 Å². The van der Waals surface area contributed by atoms with Gasteiger partial charge < -0.3 is 4.57 Å². The topological polar surface area (TPSA) is 17.1 Å². The Morgan fingerprint density at radius 3 is 1.75 bits per heavy atom. The summed E-state index contributed by atoms with van der Waals surface area (Å²) in [7, 11) is -1.64. The third-order valence-corrected chi connectivity index (χ3v) is 5.61. The highest BCUT2D eigenvalue weighted by Crippen LogP contribution is 2.47. The lowest BCUT2D eigenvalue weighted by Crippen LogP contribution is -1.80. The SMILES string of the molecule is CP(C)CP(C)(C)=O. The first kappa shape index (κ1) is 8.66. The first-order valence-electron chi connectivity index (χ1n) is 2.60. The maximum Gasteiger partial charge on any atom is 0.0859 e. The van der Waals surface area contributed by atoms with Gasteiger partial charge in [-0.2, -0.15) is 0 Å². The van der Waals surface area contributed by atoms with Gasteiger partial charge in [0.25, 0.3) is 0 Å². The van der Waals surface area contributed by atoms with E-state index in [1.165, 1.54) is 0 Å². The minimum Gasteiger partial charge on any atom is -0.324 e. The number of hydrogen-bond acceptors (Lipinski definition) is 1. The molecule has 1 nitrogen and oxygen atoms in total.